The monoisotopic (exact) mass is 190 g/mol. The second-order valence-corrected chi connectivity index (χ2v) is 2.72. The van der Waals surface area contributed by atoms with E-state index in [-0.39, 0.29) is 24.8 Å². The molecule has 13 heavy (non-hydrogen) atoms. The van der Waals surface area contributed by atoms with Crippen LogP contribution < -0.4 is 0 Å². The van der Waals surface area contributed by atoms with Gasteiger partial charge in [0.05, 0.1) is 0 Å². The highest BCUT2D eigenvalue weighted by Gasteiger charge is 1.63. The van der Waals surface area contributed by atoms with Crippen molar-refractivity contribution in [1.82, 2.24) is 0 Å². The van der Waals surface area contributed by atoms with E-state index in [0.29, 0.717) is 0 Å². The average Bonchev–Trinajstić information content (AvgIpc) is 1.54. The van der Waals surface area contributed by atoms with Gasteiger partial charge in [0.1, 0.15) is 17.3 Å². The van der Waals surface area contributed by atoms with E-state index in [2.05, 4.69) is 0 Å². The highest BCUT2D eigenvalue weighted by Crippen LogP contribution is 1.51. The van der Waals surface area contributed by atoms with Crippen molar-refractivity contribution in [2.45, 2.75) is 49.0 Å². The Hall–Kier alpha value is -0.990. The molecule has 0 N–H and O–H groups in total. The molecule has 0 aromatic carbocycles. The molecule has 3 nitrogen and oxygen atoms in total. The number of carbonyl (C=O) groups is 3. The van der Waals surface area contributed by atoms with Gasteiger partial charge in [-0.1, -0.05) is 7.43 Å². The number of Topliss-reactive ketones (excluding diaryl/α,β-unsaturated/α-hetero) is 3. The summed E-state index contributed by atoms with van der Waals surface area (Å²) in [4.78, 5) is 28.3. The van der Waals surface area contributed by atoms with Crippen molar-refractivity contribution in [2.75, 3.05) is 0 Å². The highest BCUT2D eigenvalue weighted by molar-refractivity contribution is 5.72. The molecule has 0 amide bonds. The minimum atomic E-state index is 0. The maximum absolute atomic E-state index is 9.44. The van der Waals surface area contributed by atoms with Crippen LogP contribution in [0, 0.1) is 0 Å². The lowest BCUT2D eigenvalue weighted by Crippen LogP contribution is -1.69. The van der Waals surface area contributed by atoms with Crippen molar-refractivity contribution in [3.8, 4) is 0 Å². The van der Waals surface area contributed by atoms with Crippen LogP contribution in [0.4, 0.5) is 0 Å². The van der Waals surface area contributed by atoms with E-state index in [4.69, 9.17) is 0 Å². The molecule has 0 saturated heterocycles. The molecule has 0 radical (unpaired) electrons. The molecular formula is C10H22O3. The van der Waals surface area contributed by atoms with Gasteiger partial charge >= 0.3 is 0 Å². The minimum absolute atomic E-state index is 0. The van der Waals surface area contributed by atoms with E-state index in [0.717, 1.165) is 0 Å². The quantitative estimate of drug-likeness (QED) is 0.589. The summed E-state index contributed by atoms with van der Waals surface area (Å²) < 4.78 is 0. The maximum Gasteiger partial charge on any atom is 0.126 e. The molecule has 0 aromatic rings. The number of rotatable bonds is 0. The molecule has 0 aliphatic carbocycles. The third-order valence-corrected chi connectivity index (χ3v) is 0. The van der Waals surface area contributed by atoms with Gasteiger partial charge in [0.2, 0.25) is 0 Å². The Balaban J connectivity index is -0.0000000450. The molecule has 0 rings (SSSR count). The fraction of sp³-hybridized carbons (Fsp3) is 0.700. The highest BCUT2D eigenvalue weighted by atomic mass is 16.1. The SMILES string of the molecule is C.CC(C)=O.CC(C)=O.CC(C)=O. The van der Waals surface area contributed by atoms with Gasteiger partial charge in [-0.2, -0.15) is 0 Å². The molecule has 0 heterocycles. The first-order chi connectivity index (χ1) is 5.20. The van der Waals surface area contributed by atoms with Gasteiger partial charge in [0.25, 0.3) is 0 Å². The molecule has 80 valence electrons. The van der Waals surface area contributed by atoms with E-state index in [9.17, 15) is 14.4 Å². The Morgan fingerprint density at radius 3 is 0.538 bits per heavy atom. The van der Waals surface area contributed by atoms with Gasteiger partial charge in [-0.15, -0.1) is 0 Å². The molecule has 0 aliphatic heterocycles. The van der Waals surface area contributed by atoms with Gasteiger partial charge in [0, 0.05) is 0 Å². The first-order valence-corrected chi connectivity index (χ1v) is 3.61. The minimum Gasteiger partial charge on any atom is -0.300 e. The maximum atomic E-state index is 9.44. The second kappa shape index (κ2) is 17.2. The molecular weight excluding hydrogens is 168 g/mol. The van der Waals surface area contributed by atoms with E-state index in [1.165, 1.54) is 41.5 Å². The van der Waals surface area contributed by atoms with Gasteiger partial charge in [-0.05, 0) is 41.5 Å². The van der Waals surface area contributed by atoms with Crippen LogP contribution in [-0.4, -0.2) is 17.3 Å². The summed E-state index contributed by atoms with van der Waals surface area (Å²) in [5.74, 6) is 0.500. The lowest BCUT2D eigenvalue weighted by molar-refractivity contribution is -0.115. The Morgan fingerprint density at radius 2 is 0.538 bits per heavy atom. The summed E-state index contributed by atoms with van der Waals surface area (Å²) in [7, 11) is 0. The van der Waals surface area contributed by atoms with Crippen LogP contribution in [0.2, 0.25) is 0 Å². The number of hydrogen-bond donors (Lipinski definition) is 0. The molecule has 0 bridgehead atoms. The largest absolute Gasteiger partial charge is 0.300 e. The summed E-state index contributed by atoms with van der Waals surface area (Å²) in [5.41, 5.74) is 0. The molecule has 0 spiro atoms. The summed E-state index contributed by atoms with van der Waals surface area (Å²) in [6.07, 6.45) is 0. The van der Waals surface area contributed by atoms with E-state index >= 15 is 0 Å². The van der Waals surface area contributed by atoms with Crippen LogP contribution in [0.15, 0.2) is 0 Å². The van der Waals surface area contributed by atoms with Crippen LogP contribution in [0.25, 0.3) is 0 Å². The smallest absolute Gasteiger partial charge is 0.126 e. The Kier molecular flexibility index (Phi) is 30.0. The molecule has 0 aromatic heterocycles. The van der Waals surface area contributed by atoms with E-state index < -0.39 is 0 Å². The van der Waals surface area contributed by atoms with E-state index in [1.54, 1.807) is 0 Å². The van der Waals surface area contributed by atoms with Crippen LogP contribution >= 0.6 is 0 Å². The second-order valence-electron chi connectivity index (χ2n) is 2.72. The lowest BCUT2D eigenvalue weighted by Gasteiger charge is -1.56. The predicted molar refractivity (Wildman–Crippen MR) is 55.8 cm³/mol. The third kappa shape index (κ3) is 912. The summed E-state index contributed by atoms with van der Waals surface area (Å²) in [6, 6.07) is 0. The fourth-order valence-electron chi connectivity index (χ4n) is 0. The van der Waals surface area contributed by atoms with Crippen LogP contribution in [0.5, 0.6) is 0 Å². The summed E-state index contributed by atoms with van der Waals surface area (Å²) in [6.45, 7) is 9.17. The van der Waals surface area contributed by atoms with E-state index in [1.807, 2.05) is 0 Å². The molecule has 0 aliphatic rings. The van der Waals surface area contributed by atoms with Crippen molar-refractivity contribution in [2.24, 2.45) is 0 Å². The van der Waals surface area contributed by atoms with Crippen LogP contribution in [-0.2, 0) is 14.4 Å². The summed E-state index contributed by atoms with van der Waals surface area (Å²) in [5, 5.41) is 0. The molecule has 3 heteroatoms. The zero-order chi connectivity index (χ0) is 10.7. The van der Waals surface area contributed by atoms with Crippen LogP contribution in [0.1, 0.15) is 49.0 Å². The van der Waals surface area contributed by atoms with Crippen molar-refractivity contribution in [3.05, 3.63) is 0 Å². The number of hydrogen-bond acceptors (Lipinski definition) is 3. The number of carbonyl (C=O) groups excluding carboxylic acids is 3. The Labute approximate surface area is 81.5 Å². The van der Waals surface area contributed by atoms with Gasteiger partial charge in [0.15, 0.2) is 0 Å². The molecule has 0 unspecified atom stereocenters. The van der Waals surface area contributed by atoms with Crippen molar-refractivity contribution >= 4 is 17.3 Å². The Morgan fingerprint density at radius 1 is 0.538 bits per heavy atom. The predicted octanol–water partition coefficient (Wildman–Crippen LogP) is 2.42. The lowest BCUT2D eigenvalue weighted by atomic mass is 10.6. The van der Waals surface area contributed by atoms with Crippen LogP contribution in [0.3, 0.4) is 0 Å². The molecule has 0 saturated carbocycles. The Bertz CT molecular complexity index is 108. The standard InChI is InChI=1S/3C3H6O.CH4/c3*1-3(2)4;/h3*1-2H3;1H4. The van der Waals surface area contributed by atoms with Gasteiger partial charge in [-0.3, -0.25) is 0 Å². The first kappa shape index (κ1) is 22.7. The zero-order valence-electron chi connectivity index (χ0n) is 8.72. The number of ketones is 3. The van der Waals surface area contributed by atoms with Crippen molar-refractivity contribution in [3.63, 3.8) is 0 Å². The van der Waals surface area contributed by atoms with Crippen molar-refractivity contribution in [1.29, 1.82) is 0 Å². The topological polar surface area (TPSA) is 51.2 Å². The van der Waals surface area contributed by atoms with Crippen molar-refractivity contribution < 1.29 is 14.4 Å². The van der Waals surface area contributed by atoms with Gasteiger partial charge < -0.3 is 14.4 Å². The summed E-state index contributed by atoms with van der Waals surface area (Å²) >= 11 is 0. The average molecular weight is 190 g/mol. The first-order valence-electron chi connectivity index (χ1n) is 3.61. The normalized spacial score (nSPS) is 6.00. The third-order valence-electron chi connectivity index (χ3n) is 0. The zero-order valence-corrected chi connectivity index (χ0v) is 8.72. The fourth-order valence-corrected chi connectivity index (χ4v) is 0. The van der Waals surface area contributed by atoms with Gasteiger partial charge in [-0.25, -0.2) is 0 Å². The molecule has 0 fully saturated rings. The molecule has 0 atom stereocenters.